The SMILES string of the molecule is Cc1nn(CCO)c2c1-c1cnc3[nH]cc(c3n1)[C@H](C)c1cc(F)ccc1C(=O)N(C)C2. The summed E-state index contributed by atoms with van der Waals surface area (Å²) >= 11 is 0. The zero-order valence-electron chi connectivity index (χ0n) is 18.1. The number of aromatic amines is 1. The van der Waals surface area contributed by atoms with Gasteiger partial charge < -0.3 is 15.0 Å². The summed E-state index contributed by atoms with van der Waals surface area (Å²) in [4.78, 5) is 27.7. The number of nitrogens with zero attached hydrogens (tertiary/aromatic N) is 5. The highest BCUT2D eigenvalue weighted by Crippen LogP contribution is 2.35. The van der Waals surface area contributed by atoms with Crippen molar-refractivity contribution in [3.63, 3.8) is 0 Å². The fourth-order valence-corrected chi connectivity index (χ4v) is 4.52. The van der Waals surface area contributed by atoms with Crippen LogP contribution in [0.4, 0.5) is 4.39 Å². The molecule has 1 aliphatic heterocycles. The van der Waals surface area contributed by atoms with Crippen LogP contribution in [0.1, 0.15) is 45.7 Å². The second kappa shape index (κ2) is 7.52. The van der Waals surface area contributed by atoms with Crippen LogP contribution >= 0.6 is 0 Å². The van der Waals surface area contributed by atoms with E-state index in [2.05, 4.69) is 15.1 Å². The van der Waals surface area contributed by atoms with Crippen molar-refractivity contribution in [3.05, 3.63) is 64.5 Å². The van der Waals surface area contributed by atoms with Crippen LogP contribution in [0.2, 0.25) is 0 Å². The molecule has 0 spiro atoms. The van der Waals surface area contributed by atoms with Crippen molar-refractivity contribution in [3.8, 4) is 11.3 Å². The van der Waals surface area contributed by atoms with Crippen LogP contribution < -0.4 is 0 Å². The van der Waals surface area contributed by atoms with Crippen molar-refractivity contribution >= 4 is 17.1 Å². The van der Waals surface area contributed by atoms with Crippen molar-refractivity contribution in [1.29, 1.82) is 0 Å². The Labute approximate surface area is 183 Å². The number of amides is 1. The zero-order valence-corrected chi connectivity index (χ0v) is 18.1. The number of hydrogen-bond acceptors (Lipinski definition) is 5. The first-order valence-electron chi connectivity index (χ1n) is 10.5. The molecule has 3 aromatic heterocycles. The van der Waals surface area contributed by atoms with Crippen LogP contribution in [0.3, 0.4) is 0 Å². The molecule has 0 saturated carbocycles. The zero-order chi connectivity index (χ0) is 22.6. The van der Waals surface area contributed by atoms with Gasteiger partial charge in [0.25, 0.3) is 5.91 Å². The van der Waals surface area contributed by atoms with Crippen molar-refractivity contribution < 1.29 is 14.3 Å². The van der Waals surface area contributed by atoms with Crippen LogP contribution in [0.25, 0.3) is 22.4 Å². The number of aliphatic hydroxyl groups excluding tert-OH is 1. The Hall–Kier alpha value is -3.59. The maximum Gasteiger partial charge on any atom is 0.254 e. The molecule has 2 bridgehead atoms. The third kappa shape index (κ3) is 3.08. The molecule has 0 saturated heterocycles. The number of aromatic nitrogens is 5. The van der Waals surface area contributed by atoms with E-state index in [1.54, 1.807) is 22.8 Å². The third-order valence-electron chi connectivity index (χ3n) is 6.12. The summed E-state index contributed by atoms with van der Waals surface area (Å²) in [5.41, 5.74) is 6.10. The lowest BCUT2D eigenvalue weighted by molar-refractivity contribution is 0.0780. The Kier molecular flexibility index (Phi) is 4.78. The summed E-state index contributed by atoms with van der Waals surface area (Å²) in [6.07, 6.45) is 3.50. The number of nitrogens with one attached hydrogen (secondary N) is 1. The molecule has 164 valence electrons. The molecule has 1 aliphatic rings. The van der Waals surface area contributed by atoms with E-state index in [9.17, 15) is 14.3 Å². The first-order valence-corrected chi connectivity index (χ1v) is 10.5. The van der Waals surface area contributed by atoms with Gasteiger partial charge in [-0.1, -0.05) is 6.92 Å². The average molecular weight is 434 g/mol. The van der Waals surface area contributed by atoms with Crippen LogP contribution in [-0.4, -0.2) is 54.3 Å². The van der Waals surface area contributed by atoms with E-state index >= 15 is 0 Å². The highest BCUT2D eigenvalue weighted by atomic mass is 19.1. The first kappa shape index (κ1) is 20.3. The molecule has 2 N–H and O–H groups in total. The third-order valence-corrected chi connectivity index (χ3v) is 6.12. The van der Waals surface area contributed by atoms with E-state index in [0.717, 1.165) is 22.5 Å². The lowest BCUT2D eigenvalue weighted by atomic mass is 9.89. The molecule has 0 fully saturated rings. The van der Waals surface area contributed by atoms with Crippen molar-refractivity contribution in [2.75, 3.05) is 13.7 Å². The molecule has 4 aromatic rings. The van der Waals surface area contributed by atoms with E-state index < -0.39 is 5.82 Å². The lowest BCUT2D eigenvalue weighted by Crippen LogP contribution is -2.29. The fourth-order valence-electron chi connectivity index (χ4n) is 4.52. The summed E-state index contributed by atoms with van der Waals surface area (Å²) in [5.74, 6) is -0.897. The number of benzene rings is 1. The largest absolute Gasteiger partial charge is 0.394 e. The van der Waals surface area contributed by atoms with Gasteiger partial charge in [0.05, 0.1) is 43.0 Å². The molecule has 5 rings (SSSR count). The summed E-state index contributed by atoms with van der Waals surface area (Å²) in [5, 5.41) is 14.1. The minimum Gasteiger partial charge on any atom is -0.394 e. The number of hydrogen-bond donors (Lipinski definition) is 2. The molecule has 1 atom stereocenters. The van der Waals surface area contributed by atoms with Gasteiger partial charge in [-0.05, 0) is 30.7 Å². The van der Waals surface area contributed by atoms with E-state index in [0.29, 0.717) is 34.5 Å². The molecule has 4 heterocycles. The van der Waals surface area contributed by atoms with E-state index in [1.807, 2.05) is 20.0 Å². The number of carbonyl (C=O) groups excluding carboxylic acids is 1. The normalized spacial score (nSPS) is 16.1. The molecule has 9 heteroatoms. The number of aliphatic hydroxyl groups is 1. The molecule has 1 amide bonds. The molecular formula is C23H23FN6O2. The summed E-state index contributed by atoms with van der Waals surface area (Å²) in [6, 6.07) is 4.26. The number of aryl methyl sites for hydroxylation is 1. The summed E-state index contributed by atoms with van der Waals surface area (Å²) in [7, 11) is 1.71. The molecule has 0 aliphatic carbocycles. The Morgan fingerprint density at radius 2 is 2.12 bits per heavy atom. The van der Waals surface area contributed by atoms with Crippen LogP contribution in [0.5, 0.6) is 0 Å². The Bertz CT molecular complexity index is 1360. The monoisotopic (exact) mass is 434 g/mol. The highest BCUT2D eigenvalue weighted by Gasteiger charge is 2.27. The van der Waals surface area contributed by atoms with E-state index in [-0.39, 0.29) is 25.0 Å². The van der Waals surface area contributed by atoms with E-state index in [1.165, 1.54) is 18.2 Å². The topological polar surface area (TPSA) is 99.9 Å². The van der Waals surface area contributed by atoms with Crippen molar-refractivity contribution in [2.45, 2.75) is 32.9 Å². The molecule has 1 aromatic carbocycles. The maximum absolute atomic E-state index is 14.2. The van der Waals surface area contributed by atoms with Gasteiger partial charge in [0.2, 0.25) is 0 Å². The Morgan fingerprint density at radius 3 is 2.91 bits per heavy atom. The summed E-state index contributed by atoms with van der Waals surface area (Å²) in [6.45, 7) is 4.27. The average Bonchev–Trinajstić information content (AvgIpc) is 3.32. The predicted molar refractivity (Wildman–Crippen MR) is 117 cm³/mol. The van der Waals surface area contributed by atoms with Gasteiger partial charge in [-0.25, -0.2) is 14.4 Å². The lowest BCUT2D eigenvalue weighted by Gasteiger charge is -2.23. The quantitative estimate of drug-likeness (QED) is 0.505. The van der Waals surface area contributed by atoms with Gasteiger partial charge in [-0.15, -0.1) is 0 Å². The Morgan fingerprint density at radius 1 is 1.31 bits per heavy atom. The minimum atomic E-state index is -0.399. The minimum absolute atomic E-state index is 0.0858. The first-order chi connectivity index (χ1) is 15.4. The van der Waals surface area contributed by atoms with Crippen LogP contribution in [0, 0.1) is 12.7 Å². The van der Waals surface area contributed by atoms with Gasteiger partial charge in [0.15, 0.2) is 5.65 Å². The number of halogens is 1. The van der Waals surface area contributed by atoms with Gasteiger partial charge in [-0.3, -0.25) is 9.48 Å². The van der Waals surface area contributed by atoms with Crippen LogP contribution in [0.15, 0.2) is 30.6 Å². The standard InChI is InChI=1S/C23H23FN6O2/c1-12-16-8-14(24)4-5-15(16)23(32)29(3)11-19-20(13(2)28-30(19)6-7-31)18-10-26-22-21(27-18)17(12)9-25-22/h4-5,8-10,12,31H,6-7,11H2,1-3H3,(H,25,26)/t12-/m1/s1. The highest BCUT2D eigenvalue weighted by molar-refractivity contribution is 5.96. The molecular weight excluding hydrogens is 411 g/mol. The molecule has 32 heavy (non-hydrogen) atoms. The van der Waals surface area contributed by atoms with Gasteiger partial charge in [0, 0.05) is 35.9 Å². The number of rotatable bonds is 2. The van der Waals surface area contributed by atoms with Crippen LogP contribution in [-0.2, 0) is 13.1 Å². The fraction of sp³-hybridized carbons (Fsp3) is 0.304. The second-order valence-electron chi connectivity index (χ2n) is 8.16. The van der Waals surface area contributed by atoms with Crippen molar-refractivity contribution in [1.82, 2.24) is 29.6 Å². The van der Waals surface area contributed by atoms with Crippen molar-refractivity contribution in [2.24, 2.45) is 0 Å². The molecule has 8 nitrogen and oxygen atoms in total. The van der Waals surface area contributed by atoms with E-state index in [4.69, 9.17) is 4.98 Å². The van der Waals surface area contributed by atoms with Gasteiger partial charge in [-0.2, -0.15) is 5.10 Å². The summed E-state index contributed by atoms with van der Waals surface area (Å²) < 4.78 is 15.9. The Balaban J connectivity index is 1.83. The molecule has 0 unspecified atom stereocenters. The van der Waals surface area contributed by atoms with Gasteiger partial charge >= 0.3 is 0 Å². The predicted octanol–water partition coefficient (Wildman–Crippen LogP) is 3.00. The number of H-pyrrole nitrogens is 1. The maximum atomic E-state index is 14.2. The second-order valence-corrected chi connectivity index (χ2v) is 8.16. The number of fused-ring (bicyclic) bond motifs is 4. The van der Waals surface area contributed by atoms with Gasteiger partial charge in [0.1, 0.15) is 11.3 Å². The molecule has 0 radical (unpaired) electrons. The smallest absolute Gasteiger partial charge is 0.254 e. The number of carbonyl (C=O) groups is 1.